The minimum Gasteiger partial charge on any atom is -0.486 e. The third-order valence-corrected chi connectivity index (χ3v) is 1.05. The van der Waals surface area contributed by atoms with Gasteiger partial charge in [-0.1, -0.05) is 0 Å². The van der Waals surface area contributed by atoms with Crippen LogP contribution in [0.4, 0.5) is 8.78 Å². The van der Waals surface area contributed by atoms with E-state index in [1.165, 1.54) is 18.5 Å². The summed E-state index contributed by atoms with van der Waals surface area (Å²) in [5, 5.41) is 6.94. The largest absolute Gasteiger partial charge is 0.486 e. The predicted molar refractivity (Wildman–Crippen MR) is 38.1 cm³/mol. The lowest BCUT2D eigenvalue weighted by Crippen LogP contribution is -2.20. The summed E-state index contributed by atoms with van der Waals surface area (Å²) in [6.45, 7) is 0.153. The van der Waals surface area contributed by atoms with E-state index in [0.717, 1.165) is 6.92 Å². The average Bonchev–Trinajstić information content (AvgIpc) is 2.02. The highest BCUT2D eigenvalue weighted by atomic mass is 19.3. The first kappa shape index (κ1) is 8.83. The second-order valence-corrected chi connectivity index (χ2v) is 2.44. The molecule has 0 amide bonds. The number of hydrogen-bond donors (Lipinski definition) is 0. The van der Waals surface area contributed by atoms with E-state index in [1.807, 2.05) is 0 Å². The second-order valence-electron chi connectivity index (χ2n) is 2.44. The Balaban J connectivity index is 2.44. The van der Waals surface area contributed by atoms with Crippen molar-refractivity contribution in [1.82, 2.24) is 10.2 Å². The van der Waals surface area contributed by atoms with Crippen molar-refractivity contribution in [3.63, 3.8) is 0 Å². The Bertz CT molecular complexity index is 235. The summed E-state index contributed by atoms with van der Waals surface area (Å²) in [6, 6.07) is 1.47. The van der Waals surface area contributed by atoms with Gasteiger partial charge in [0.25, 0.3) is 5.92 Å². The van der Waals surface area contributed by atoms with E-state index in [4.69, 9.17) is 4.74 Å². The average molecular weight is 174 g/mol. The molecule has 3 nitrogen and oxygen atoms in total. The second kappa shape index (κ2) is 3.42. The first-order valence-corrected chi connectivity index (χ1v) is 3.35. The third kappa shape index (κ3) is 3.23. The van der Waals surface area contributed by atoms with Gasteiger partial charge in [-0.15, -0.1) is 0 Å². The topological polar surface area (TPSA) is 35.0 Å². The number of hydrogen-bond acceptors (Lipinski definition) is 3. The van der Waals surface area contributed by atoms with Crippen LogP contribution < -0.4 is 4.74 Å². The van der Waals surface area contributed by atoms with Crippen LogP contribution in [0.3, 0.4) is 0 Å². The van der Waals surface area contributed by atoms with Crippen molar-refractivity contribution >= 4 is 0 Å². The molecule has 5 heteroatoms. The zero-order valence-corrected chi connectivity index (χ0v) is 6.50. The van der Waals surface area contributed by atoms with Crippen LogP contribution in [-0.4, -0.2) is 22.7 Å². The van der Waals surface area contributed by atoms with Crippen LogP contribution >= 0.6 is 0 Å². The van der Waals surface area contributed by atoms with Crippen LogP contribution in [-0.2, 0) is 0 Å². The summed E-state index contributed by atoms with van der Waals surface area (Å²) in [5.74, 6) is -2.52. The zero-order valence-electron chi connectivity index (χ0n) is 6.50. The molecule has 0 spiro atoms. The Hall–Kier alpha value is -1.26. The first-order chi connectivity index (χ1) is 5.58. The predicted octanol–water partition coefficient (Wildman–Crippen LogP) is 1.51. The molecule has 0 atom stereocenters. The summed E-state index contributed by atoms with van der Waals surface area (Å²) >= 11 is 0. The Morgan fingerprint density at radius 2 is 2.25 bits per heavy atom. The van der Waals surface area contributed by atoms with Crippen molar-refractivity contribution in [1.29, 1.82) is 0 Å². The Morgan fingerprint density at radius 3 is 2.75 bits per heavy atom. The zero-order chi connectivity index (χ0) is 9.03. The van der Waals surface area contributed by atoms with Crippen molar-refractivity contribution in [3.8, 4) is 5.75 Å². The van der Waals surface area contributed by atoms with E-state index in [0.29, 0.717) is 5.75 Å². The van der Waals surface area contributed by atoms with E-state index in [1.54, 1.807) is 0 Å². The van der Waals surface area contributed by atoms with E-state index >= 15 is 0 Å². The van der Waals surface area contributed by atoms with E-state index in [9.17, 15) is 8.78 Å². The van der Waals surface area contributed by atoms with Gasteiger partial charge in [-0.05, 0) is 0 Å². The van der Waals surface area contributed by atoms with Gasteiger partial charge in [-0.3, -0.25) is 0 Å². The third-order valence-electron chi connectivity index (χ3n) is 1.05. The van der Waals surface area contributed by atoms with Crippen molar-refractivity contribution in [3.05, 3.63) is 18.5 Å². The minimum atomic E-state index is -2.82. The molecule has 0 bridgehead atoms. The quantitative estimate of drug-likeness (QED) is 0.696. The maximum absolute atomic E-state index is 12.2. The molecule has 0 fully saturated rings. The molecular weight excluding hydrogens is 166 g/mol. The number of ether oxygens (including phenoxy) is 1. The molecule has 0 aliphatic heterocycles. The van der Waals surface area contributed by atoms with Gasteiger partial charge in [0.05, 0.1) is 12.4 Å². The number of alkyl halides is 2. The molecule has 0 saturated heterocycles. The molecule has 1 rings (SSSR count). The first-order valence-electron chi connectivity index (χ1n) is 3.35. The highest BCUT2D eigenvalue weighted by molar-refractivity contribution is 5.12. The molecular formula is C7H8F2N2O. The molecule has 66 valence electrons. The fraction of sp³-hybridized carbons (Fsp3) is 0.429. The normalized spacial score (nSPS) is 11.2. The Kier molecular flexibility index (Phi) is 2.52. The van der Waals surface area contributed by atoms with Crippen molar-refractivity contribution in [2.45, 2.75) is 12.8 Å². The van der Waals surface area contributed by atoms with Gasteiger partial charge >= 0.3 is 0 Å². The fourth-order valence-corrected chi connectivity index (χ4v) is 0.574. The molecule has 0 radical (unpaired) electrons. The van der Waals surface area contributed by atoms with Crippen LogP contribution in [0.5, 0.6) is 5.75 Å². The molecule has 0 N–H and O–H groups in total. The lowest BCUT2D eigenvalue weighted by molar-refractivity contribution is -0.0230. The minimum absolute atomic E-state index is 0.298. The van der Waals surface area contributed by atoms with Gasteiger partial charge in [0.2, 0.25) is 0 Å². The standard InChI is InChI=1S/C7H8F2N2O/c1-7(8,9)5-12-6-2-3-10-11-4-6/h2-4H,5H2,1H3. The molecule has 0 aliphatic rings. The van der Waals surface area contributed by atoms with Crippen molar-refractivity contribution in [2.24, 2.45) is 0 Å². The lowest BCUT2D eigenvalue weighted by Gasteiger charge is -2.10. The number of aromatic nitrogens is 2. The van der Waals surface area contributed by atoms with Gasteiger partial charge in [0.1, 0.15) is 5.75 Å². The van der Waals surface area contributed by atoms with Crippen molar-refractivity contribution < 1.29 is 13.5 Å². The van der Waals surface area contributed by atoms with E-state index < -0.39 is 12.5 Å². The van der Waals surface area contributed by atoms with Gasteiger partial charge < -0.3 is 4.74 Å². The van der Waals surface area contributed by atoms with Gasteiger partial charge in [-0.25, -0.2) is 8.78 Å². The van der Waals surface area contributed by atoms with Crippen LogP contribution in [0, 0.1) is 0 Å². The smallest absolute Gasteiger partial charge is 0.278 e. The molecule has 0 saturated carbocycles. The summed E-state index contributed by atoms with van der Waals surface area (Å²) in [5.41, 5.74) is 0. The Morgan fingerprint density at radius 1 is 1.50 bits per heavy atom. The van der Waals surface area contributed by atoms with Crippen molar-refractivity contribution in [2.75, 3.05) is 6.61 Å². The maximum atomic E-state index is 12.2. The molecule has 0 aliphatic carbocycles. The van der Waals surface area contributed by atoms with Gasteiger partial charge in [0.15, 0.2) is 6.61 Å². The SMILES string of the molecule is CC(F)(F)COc1ccnnc1. The van der Waals surface area contributed by atoms with E-state index in [-0.39, 0.29) is 0 Å². The summed E-state index contributed by atoms with van der Waals surface area (Å²) in [7, 11) is 0. The summed E-state index contributed by atoms with van der Waals surface area (Å²) < 4.78 is 29.2. The van der Waals surface area contributed by atoms with Crippen LogP contribution in [0.2, 0.25) is 0 Å². The monoisotopic (exact) mass is 174 g/mol. The summed E-state index contributed by atoms with van der Waals surface area (Å²) in [6.07, 6.45) is 2.66. The lowest BCUT2D eigenvalue weighted by atomic mass is 10.4. The Labute approximate surface area is 68.4 Å². The molecule has 0 aromatic carbocycles. The highest BCUT2D eigenvalue weighted by Gasteiger charge is 2.21. The highest BCUT2D eigenvalue weighted by Crippen LogP contribution is 2.14. The van der Waals surface area contributed by atoms with Gasteiger partial charge in [0, 0.05) is 13.0 Å². The van der Waals surface area contributed by atoms with Crippen LogP contribution in [0.1, 0.15) is 6.92 Å². The summed E-state index contributed by atoms with van der Waals surface area (Å²) in [4.78, 5) is 0. The molecule has 1 aromatic heterocycles. The molecule has 1 aromatic rings. The molecule has 1 heterocycles. The number of nitrogens with zero attached hydrogens (tertiary/aromatic N) is 2. The number of rotatable bonds is 3. The number of halogens is 2. The molecule has 0 unspecified atom stereocenters. The molecule has 12 heavy (non-hydrogen) atoms. The fourth-order valence-electron chi connectivity index (χ4n) is 0.574. The van der Waals surface area contributed by atoms with Crippen LogP contribution in [0.25, 0.3) is 0 Å². The van der Waals surface area contributed by atoms with Crippen LogP contribution in [0.15, 0.2) is 18.5 Å². The van der Waals surface area contributed by atoms with Gasteiger partial charge in [-0.2, -0.15) is 10.2 Å². The van der Waals surface area contributed by atoms with E-state index in [2.05, 4.69) is 10.2 Å². The maximum Gasteiger partial charge on any atom is 0.278 e.